The molecule has 0 radical (unpaired) electrons. The Bertz CT molecular complexity index is 585. The third-order valence-electron chi connectivity index (χ3n) is 4.25. The molecule has 1 fully saturated rings. The summed E-state index contributed by atoms with van der Waals surface area (Å²) >= 11 is 0. The van der Waals surface area contributed by atoms with E-state index in [1.165, 1.54) is 5.69 Å². The lowest BCUT2D eigenvalue weighted by Gasteiger charge is -2.34. The number of aryl methyl sites for hydroxylation is 1. The van der Waals surface area contributed by atoms with Gasteiger partial charge in [-0.25, -0.2) is 4.39 Å². The molecule has 0 atom stereocenters. The summed E-state index contributed by atoms with van der Waals surface area (Å²) in [7, 11) is 2.09. The number of hydrogen-bond donors (Lipinski definition) is 0. The van der Waals surface area contributed by atoms with E-state index in [1.54, 1.807) is 12.1 Å². The number of nitrogens with zero attached hydrogens (tertiary/aromatic N) is 3. The summed E-state index contributed by atoms with van der Waals surface area (Å²) in [5.74, 6) is -0.0938. The summed E-state index contributed by atoms with van der Waals surface area (Å²) < 4.78 is 15.9. The van der Waals surface area contributed by atoms with Crippen LogP contribution in [0.15, 0.2) is 42.6 Å². The fourth-order valence-corrected chi connectivity index (χ4v) is 2.86. The van der Waals surface area contributed by atoms with Crippen LogP contribution in [0.25, 0.3) is 0 Å². The second-order valence-corrected chi connectivity index (χ2v) is 5.75. The van der Waals surface area contributed by atoms with Gasteiger partial charge in [0.2, 0.25) is 0 Å². The van der Waals surface area contributed by atoms with E-state index >= 15 is 0 Å². The van der Waals surface area contributed by atoms with Crippen LogP contribution in [0, 0.1) is 5.82 Å². The fraction of sp³-hybridized carbons (Fsp3) is 0.412. The summed E-state index contributed by atoms with van der Waals surface area (Å²) in [6, 6.07) is 11.3. The highest BCUT2D eigenvalue weighted by Gasteiger charge is 2.18. The molecule has 0 amide bonds. The minimum atomic E-state index is -0.0938. The van der Waals surface area contributed by atoms with Crippen molar-refractivity contribution in [2.45, 2.75) is 13.1 Å². The third-order valence-corrected chi connectivity index (χ3v) is 4.25. The molecule has 0 spiro atoms. The van der Waals surface area contributed by atoms with E-state index < -0.39 is 0 Å². The molecule has 2 aromatic rings. The monoisotopic (exact) mass is 287 g/mol. The lowest BCUT2D eigenvalue weighted by Crippen LogP contribution is -2.45. The summed E-state index contributed by atoms with van der Waals surface area (Å²) in [5, 5.41) is 0. The van der Waals surface area contributed by atoms with E-state index in [9.17, 15) is 4.39 Å². The largest absolute Gasteiger partial charge is 0.353 e. The zero-order valence-electron chi connectivity index (χ0n) is 12.5. The van der Waals surface area contributed by atoms with E-state index in [-0.39, 0.29) is 5.82 Å². The summed E-state index contributed by atoms with van der Waals surface area (Å²) in [6.07, 6.45) is 2.09. The van der Waals surface area contributed by atoms with E-state index in [2.05, 4.69) is 39.7 Å². The van der Waals surface area contributed by atoms with Crippen molar-refractivity contribution in [3.63, 3.8) is 0 Å². The normalized spacial score (nSPS) is 17.2. The van der Waals surface area contributed by atoms with Crippen LogP contribution in [0.5, 0.6) is 0 Å². The van der Waals surface area contributed by atoms with E-state index in [0.717, 1.165) is 38.3 Å². The van der Waals surface area contributed by atoms with Crippen molar-refractivity contribution in [3.8, 4) is 0 Å². The number of rotatable bonds is 4. The second kappa shape index (κ2) is 6.41. The first kappa shape index (κ1) is 14.3. The average molecular weight is 287 g/mol. The van der Waals surface area contributed by atoms with E-state index in [4.69, 9.17) is 0 Å². The molecule has 1 saturated heterocycles. The predicted octanol–water partition coefficient (Wildman–Crippen LogP) is 2.48. The molecule has 0 bridgehead atoms. The van der Waals surface area contributed by atoms with Crippen LogP contribution >= 0.6 is 0 Å². The van der Waals surface area contributed by atoms with Gasteiger partial charge in [-0.05, 0) is 18.2 Å². The highest BCUT2D eigenvalue weighted by Crippen LogP contribution is 2.13. The van der Waals surface area contributed by atoms with Crippen molar-refractivity contribution in [1.29, 1.82) is 0 Å². The summed E-state index contributed by atoms with van der Waals surface area (Å²) in [5.41, 5.74) is 2.14. The molecule has 2 heterocycles. The van der Waals surface area contributed by atoms with Gasteiger partial charge >= 0.3 is 0 Å². The van der Waals surface area contributed by atoms with Crippen molar-refractivity contribution in [3.05, 3.63) is 59.7 Å². The van der Waals surface area contributed by atoms with Gasteiger partial charge in [0.25, 0.3) is 0 Å². The van der Waals surface area contributed by atoms with Crippen molar-refractivity contribution >= 4 is 0 Å². The van der Waals surface area contributed by atoms with Gasteiger partial charge in [0.1, 0.15) is 5.82 Å². The number of aromatic nitrogens is 1. The summed E-state index contributed by atoms with van der Waals surface area (Å²) in [4.78, 5) is 4.80. The molecule has 21 heavy (non-hydrogen) atoms. The first-order chi connectivity index (χ1) is 10.2. The zero-order chi connectivity index (χ0) is 14.7. The first-order valence-electron chi connectivity index (χ1n) is 7.51. The van der Waals surface area contributed by atoms with Crippen LogP contribution in [-0.4, -0.2) is 40.5 Å². The highest BCUT2D eigenvalue weighted by atomic mass is 19.1. The molecule has 3 rings (SSSR count). The molecular weight excluding hydrogens is 265 g/mol. The Balaban J connectivity index is 1.51. The number of piperazine rings is 1. The molecule has 1 aromatic heterocycles. The minimum absolute atomic E-state index is 0.0938. The average Bonchev–Trinajstić information content (AvgIpc) is 2.89. The van der Waals surface area contributed by atoms with Crippen LogP contribution in [0.3, 0.4) is 0 Å². The number of hydrogen-bond acceptors (Lipinski definition) is 2. The van der Waals surface area contributed by atoms with Crippen LogP contribution in [0.2, 0.25) is 0 Å². The molecule has 3 nitrogen and oxygen atoms in total. The van der Waals surface area contributed by atoms with Crippen molar-refractivity contribution in [1.82, 2.24) is 14.4 Å². The maximum Gasteiger partial charge on any atom is 0.127 e. The lowest BCUT2D eigenvalue weighted by atomic mass is 10.2. The lowest BCUT2D eigenvalue weighted by molar-refractivity contribution is 0.119. The van der Waals surface area contributed by atoms with Gasteiger partial charge in [-0.3, -0.25) is 9.80 Å². The Morgan fingerprint density at radius 1 is 0.905 bits per heavy atom. The Kier molecular flexibility index (Phi) is 4.36. The van der Waals surface area contributed by atoms with Gasteiger partial charge in [-0.1, -0.05) is 18.2 Å². The maximum atomic E-state index is 13.7. The molecule has 1 aromatic carbocycles. The van der Waals surface area contributed by atoms with Crippen molar-refractivity contribution < 1.29 is 4.39 Å². The van der Waals surface area contributed by atoms with Crippen LogP contribution in [0.1, 0.15) is 11.3 Å². The van der Waals surface area contributed by atoms with Crippen molar-refractivity contribution in [2.75, 3.05) is 26.2 Å². The molecule has 0 unspecified atom stereocenters. The van der Waals surface area contributed by atoms with Gasteiger partial charge < -0.3 is 4.57 Å². The Morgan fingerprint density at radius 2 is 1.57 bits per heavy atom. The molecule has 1 aliphatic rings. The molecular formula is C17H22FN3. The molecule has 1 aliphatic heterocycles. The van der Waals surface area contributed by atoms with E-state index in [0.29, 0.717) is 6.54 Å². The van der Waals surface area contributed by atoms with Gasteiger partial charge in [-0.2, -0.15) is 0 Å². The SMILES string of the molecule is Cn1cccc1CN1CCN(Cc2ccccc2F)CC1. The molecule has 0 aliphatic carbocycles. The molecule has 4 heteroatoms. The number of halogens is 1. The summed E-state index contributed by atoms with van der Waals surface area (Å²) in [6.45, 7) is 5.79. The molecule has 112 valence electrons. The third kappa shape index (κ3) is 3.52. The zero-order valence-corrected chi connectivity index (χ0v) is 12.5. The highest BCUT2D eigenvalue weighted by molar-refractivity contribution is 5.17. The second-order valence-electron chi connectivity index (χ2n) is 5.75. The fourth-order valence-electron chi connectivity index (χ4n) is 2.86. The predicted molar refractivity (Wildman–Crippen MR) is 82.4 cm³/mol. The van der Waals surface area contributed by atoms with Gasteiger partial charge in [0.05, 0.1) is 0 Å². The van der Waals surface area contributed by atoms with Gasteiger partial charge in [0, 0.05) is 63.8 Å². The Labute approximate surface area is 125 Å². The first-order valence-corrected chi connectivity index (χ1v) is 7.51. The quantitative estimate of drug-likeness (QED) is 0.856. The van der Waals surface area contributed by atoms with Gasteiger partial charge in [-0.15, -0.1) is 0 Å². The Morgan fingerprint density at radius 3 is 2.19 bits per heavy atom. The van der Waals surface area contributed by atoms with Crippen LogP contribution in [0.4, 0.5) is 4.39 Å². The van der Waals surface area contributed by atoms with E-state index in [1.807, 2.05) is 12.1 Å². The smallest absolute Gasteiger partial charge is 0.127 e. The van der Waals surface area contributed by atoms with Crippen LogP contribution in [-0.2, 0) is 20.1 Å². The van der Waals surface area contributed by atoms with Crippen LogP contribution < -0.4 is 0 Å². The maximum absolute atomic E-state index is 13.7. The topological polar surface area (TPSA) is 11.4 Å². The standard InChI is InChI=1S/C17H22FN3/c1-19-8-4-6-16(19)14-21-11-9-20(10-12-21)13-15-5-2-3-7-17(15)18/h2-8H,9-14H2,1H3. The Hall–Kier alpha value is -1.65. The van der Waals surface area contributed by atoms with Crippen molar-refractivity contribution in [2.24, 2.45) is 7.05 Å². The number of benzene rings is 1. The minimum Gasteiger partial charge on any atom is -0.353 e. The van der Waals surface area contributed by atoms with Gasteiger partial charge in [0.15, 0.2) is 0 Å². The molecule has 0 saturated carbocycles. The molecule has 0 N–H and O–H groups in total.